The fraction of sp³-hybridized carbons (Fsp3) is 0.391. The number of allylic oxidation sites excluding steroid dienone is 1. The van der Waals surface area contributed by atoms with Gasteiger partial charge in [0, 0.05) is 21.7 Å². The molecular weight excluding hydrogens is 513 g/mol. The molecule has 2 N–H and O–H groups in total. The van der Waals surface area contributed by atoms with E-state index >= 15 is 0 Å². The van der Waals surface area contributed by atoms with Gasteiger partial charge in [-0.15, -0.1) is 11.3 Å². The molecule has 1 aliphatic heterocycles. The van der Waals surface area contributed by atoms with Crippen molar-refractivity contribution < 1.29 is 23.8 Å². The number of nitrogens with one attached hydrogen (secondary N) is 1. The number of halogens is 2. The summed E-state index contributed by atoms with van der Waals surface area (Å²) in [4.78, 5) is 33.8. The van der Waals surface area contributed by atoms with Crippen LogP contribution >= 0.6 is 27.3 Å². The van der Waals surface area contributed by atoms with Crippen molar-refractivity contribution in [1.82, 2.24) is 10.3 Å². The highest BCUT2D eigenvalue weighted by molar-refractivity contribution is 9.10. The van der Waals surface area contributed by atoms with E-state index in [9.17, 15) is 19.1 Å². The molecule has 0 bridgehead atoms. The Kier molecular flexibility index (Phi) is 7.23. The monoisotopic (exact) mass is 535 g/mol. The van der Waals surface area contributed by atoms with Crippen LogP contribution in [0.1, 0.15) is 49.2 Å². The number of carboxylic acids is 1. The molecule has 1 saturated carbocycles. The Morgan fingerprint density at radius 1 is 1.30 bits per heavy atom. The standard InChI is InChI=1S/C23H23BrFN3O4S/c1-2-32-23(31)17-18(12-3-5-13(6-4-12)22(29)30)27-20(21-26-9-10-33-21)28-19(17)15-8-7-14(25)11-16(15)24/h7-13,19H,2-6H2,1H3,(H,27,28)(H,29,30)/t12-,13-,19?. The molecule has 0 saturated heterocycles. The highest BCUT2D eigenvalue weighted by atomic mass is 79.9. The molecular formula is C23H23BrFN3O4S. The first-order chi connectivity index (χ1) is 15.9. The maximum absolute atomic E-state index is 13.8. The summed E-state index contributed by atoms with van der Waals surface area (Å²) in [5.74, 6) is -1.61. The quantitative estimate of drug-likeness (QED) is 0.513. The molecule has 1 aromatic carbocycles. The Bertz CT molecular complexity index is 1110. The minimum Gasteiger partial charge on any atom is -0.481 e. The number of hydrogen-bond acceptors (Lipinski definition) is 7. The van der Waals surface area contributed by atoms with Crippen LogP contribution in [0.5, 0.6) is 0 Å². The van der Waals surface area contributed by atoms with E-state index in [0.717, 1.165) is 0 Å². The highest BCUT2D eigenvalue weighted by Crippen LogP contribution is 2.42. The predicted molar refractivity (Wildman–Crippen MR) is 125 cm³/mol. The molecule has 1 atom stereocenters. The van der Waals surface area contributed by atoms with Crippen LogP contribution in [0.3, 0.4) is 0 Å². The zero-order valence-corrected chi connectivity index (χ0v) is 20.3. The molecule has 2 heterocycles. The van der Waals surface area contributed by atoms with Crippen LogP contribution in [-0.4, -0.2) is 34.5 Å². The number of hydrogen-bond donors (Lipinski definition) is 2. The van der Waals surface area contributed by atoms with Crippen LogP contribution in [0, 0.1) is 17.7 Å². The number of benzene rings is 1. The largest absolute Gasteiger partial charge is 0.481 e. The minimum atomic E-state index is -0.789. The van der Waals surface area contributed by atoms with Gasteiger partial charge in [-0.25, -0.2) is 14.2 Å². The van der Waals surface area contributed by atoms with Crippen LogP contribution in [0.25, 0.3) is 0 Å². The summed E-state index contributed by atoms with van der Waals surface area (Å²) >= 11 is 4.84. The normalized spacial score (nSPS) is 23.0. The number of thiazole rings is 1. The second-order valence-electron chi connectivity index (χ2n) is 7.94. The molecule has 10 heteroatoms. The summed E-state index contributed by atoms with van der Waals surface area (Å²) in [5, 5.41) is 15.2. The molecule has 0 amide bonds. The maximum atomic E-state index is 13.8. The highest BCUT2D eigenvalue weighted by Gasteiger charge is 2.38. The van der Waals surface area contributed by atoms with E-state index in [1.807, 2.05) is 5.38 Å². The van der Waals surface area contributed by atoms with Crippen LogP contribution in [0.2, 0.25) is 0 Å². The molecule has 1 aliphatic carbocycles. The lowest BCUT2D eigenvalue weighted by Gasteiger charge is -2.34. The van der Waals surface area contributed by atoms with Crippen molar-refractivity contribution in [3.63, 3.8) is 0 Å². The van der Waals surface area contributed by atoms with Gasteiger partial charge in [0.1, 0.15) is 11.9 Å². The van der Waals surface area contributed by atoms with Crippen molar-refractivity contribution in [3.8, 4) is 0 Å². The summed E-state index contributed by atoms with van der Waals surface area (Å²) in [6.45, 7) is 1.93. The lowest BCUT2D eigenvalue weighted by atomic mass is 9.78. The third-order valence-corrected chi connectivity index (χ3v) is 7.41. The summed E-state index contributed by atoms with van der Waals surface area (Å²) in [6.07, 6.45) is 3.95. The molecule has 1 aromatic heterocycles. The number of aromatic nitrogens is 1. The Labute approximate surface area is 202 Å². The lowest BCUT2D eigenvalue weighted by Crippen LogP contribution is -2.38. The first-order valence-corrected chi connectivity index (χ1v) is 12.4. The number of carboxylic acid groups (broad SMARTS) is 1. The van der Waals surface area contributed by atoms with Crippen molar-refractivity contribution in [3.05, 3.63) is 61.9 Å². The average Bonchev–Trinajstić information content (AvgIpc) is 3.33. The summed E-state index contributed by atoms with van der Waals surface area (Å²) in [7, 11) is 0. The van der Waals surface area contributed by atoms with Gasteiger partial charge in [-0.05, 0) is 56.2 Å². The van der Waals surface area contributed by atoms with Gasteiger partial charge in [0.25, 0.3) is 0 Å². The number of aliphatic carboxylic acids is 1. The number of rotatable bonds is 6. The third kappa shape index (κ3) is 5.01. The fourth-order valence-electron chi connectivity index (χ4n) is 4.35. The average molecular weight is 536 g/mol. The molecule has 33 heavy (non-hydrogen) atoms. The van der Waals surface area contributed by atoms with E-state index in [1.165, 1.54) is 23.5 Å². The molecule has 0 radical (unpaired) electrons. The smallest absolute Gasteiger partial charge is 0.338 e. The van der Waals surface area contributed by atoms with Gasteiger partial charge in [0.05, 0.1) is 18.1 Å². The van der Waals surface area contributed by atoms with Crippen LogP contribution in [0.4, 0.5) is 4.39 Å². The molecule has 4 rings (SSSR count). The van der Waals surface area contributed by atoms with E-state index < -0.39 is 23.8 Å². The minimum absolute atomic E-state index is 0.0628. The van der Waals surface area contributed by atoms with E-state index in [-0.39, 0.29) is 18.4 Å². The second-order valence-corrected chi connectivity index (χ2v) is 9.69. The molecule has 1 unspecified atom stereocenters. The van der Waals surface area contributed by atoms with Crippen molar-refractivity contribution in [2.75, 3.05) is 6.61 Å². The van der Waals surface area contributed by atoms with E-state index in [4.69, 9.17) is 9.73 Å². The van der Waals surface area contributed by atoms with Gasteiger partial charge >= 0.3 is 11.9 Å². The molecule has 174 valence electrons. The zero-order valence-electron chi connectivity index (χ0n) is 17.9. The van der Waals surface area contributed by atoms with Gasteiger partial charge in [-0.2, -0.15) is 0 Å². The molecule has 2 aromatic rings. The maximum Gasteiger partial charge on any atom is 0.338 e. The number of ether oxygens (including phenoxy) is 1. The van der Waals surface area contributed by atoms with Gasteiger partial charge in [0.2, 0.25) is 0 Å². The first-order valence-electron chi connectivity index (χ1n) is 10.7. The Hall–Kier alpha value is -2.59. The Morgan fingerprint density at radius 3 is 2.67 bits per heavy atom. The van der Waals surface area contributed by atoms with Gasteiger partial charge in [0.15, 0.2) is 10.8 Å². The number of aliphatic imine (C=N–C) groups is 1. The van der Waals surface area contributed by atoms with Crippen LogP contribution < -0.4 is 5.32 Å². The fourth-order valence-corrected chi connectivity index (χ4v) is 5.50. The topological polar surface area (TPSA) is 101 Å². The van der Waals surface area contributed by atoms with Gasteiger partial charge in [-0.1, -0.05) is 22.0 Å². The predicted octanol–water partition coefficient (Wildman–Crippen LogP) is 4.84. The lowest BCUT2D eigenvalue weighted by molar-refractivity contribution is -0.143. The number of esters is 1. The number of nitrogens with zero attached hydrogens (tertiary/aromatic N) is 2. The van der Waals surface area contributed by atoms with Crippen molar-refractivity contribution >= 4 is 45.0 Å². The molecule has 1 fully saturated rings. The van der Waals surface area contributed by atoms with Gasteiger partial charge < -0.3 is 15.2 Å². The van der Waals surface area contributed by atoms with Crippen molar-refractivity contribution in [2.24, 2.45) is 16.8 Å². The SMILES string of the molecule is CCOC(=O)C1=C([C@H]2CC[C@H](C(=O)O)CC2)NC(c2nccs2)=NC1c1ccc(F)cc1Br. The molecule has 0 spiro atoms. The van der Waals surface area contributed by atoms with Crippen LogP contribution in [-0.2, 0) is 14.3 Å². The van der Waals surface area contributed by atoms with E-state index in [0.29, 0.717) is 57.8 Å². The van der Waals surface area contributed by atoms with Gasteiger partial charge in [-0.3, -0.25) is 9.79 Å². The number of carbonyl (C=O) groups excluding carboxylic acids is 1. The van der Waals surface area contributed by atoms with Crippen molar-refractivity contribution in [2.45, 2.75) is 38.6 Å². The molecule has 2 aliphatic rings. The number of carbonyl (C=O) groups is 2. The van der Waals surface area contributed by atoms with Crippen LogP contribution in [0.15, 0.2) is 50.5 Å². The zero-order chi connectivity index (χ0) is 23.5. The second kappa shape index (κ2) is 10.1. The summed E-state index contributed by atoms with van der Waals surface area (Å²) in [6, 6.07) is 3.56. The summed E-state index contributed by atoms with van der Waals surface area (Å²) < 4.78 is 19.7. The Balaban J connectivity index is 1.82. The van der Waals surface area contributed by atoms with E-state index in [1.54, 1.807) is 19.2 Å². The van der Waals surface area contributed by atoms with E-state index in [2.05, 4.69) is 26.2 Å². The molecule has 7 nitrogen and oxygen atoms in total. The van der Waals surface area contributed by atoms with Crippen molar-refractivity contribution in [1.29, 1.82) is 0 Å². The summed E-state index contributed by atoms with van der Waals surface area (Å²) in [5.41, 5.74) is 1.67. The first kappa shape index (κ1) is 23.6. The number of amidine groups is 1. The Morgan fingerprint density at radius 2 is 2.06 bits per heavy atom. The third-order valence-electron chi connectivity index (χ3n) is 5.95.